The average molecular weight is 513 g/mol. The number of rotatable bonds is 6. The Morgan fingerprint density at radius 1 is 1.17 bits per heavy atom. The maximum absolute atomic E-state index is 13.7. The summed E-state index contributed by atoms with van der Waals surface area (Å²) in [4.78, 5) is 4.00. The topological polar surface area (TPSA) is 90.8 Å². The van der Waals surface area contributed by atoms with Crippen molar-refractivity contribution in [3.05, 3.63) is 35.0 Å². The van der Waals surface area contributed by atoms with E-state index in [2.05, 4.69) is 20.8 Å². The minimum Gasteiger partial charge on any atom is -0.436 e. The van der Waals surface area contributed by atoms with Crippen LogP contribution < -0.4 is 16.1 Å². The van der Waals surface area contributed by atoms with Crippen LogP contribution in [0.4, 0.5) is 40.8 Å². The van der Waals surface area contributed by atoms with E-state index in [4.69, 9.17) is 4.74 Å². The van der Waals surface area contributed by atoms with Crippen molar-refractivity contribution in [2.75, 3.05) is 11.9 Å². The molecule has 1 aliphatic heterocycles. The van der Waals surface area contributed by atoms with Gasteiger partial charge in [-0.05, 0) is 43.5 Å². The van der Waals surface area contributed by atoms with Gasteiger partial charge in [-0.1, -0.05) is 0 Å². The summed E-state index contributed by atoms with van der Waals surface area (Å²) in [7, 11) is 0. The minimum absolute atomic E-state index is 0.0183. The Kier molecular flexibility index (Phi) is 6.20. The molecule has 0 spiro atoms. The predicted molar refractivity (Wildman–Crippen MR) is 108 cm³/mol. The van der Waals surface area contributed by atoms with Crippen LogP contribution in [0.25, 0.3) is 10.9 Å². The lowest BCUT2D eigenvalue weighted by Gasteiger charge is -2.43. The van der Waals surface area contributed by atoms with Crippen LogP contribution in [-0.4, -0.2) is 53.1 Å². The first-order valence-corrected chi connectivity index (χ1v) is 10.2. The molecule has 15 heteroatoms. The fourth-order valence-corrected chi connectivity index (χ4v) is 3.90. The van der Waals surface area contributed by atoms with Crippen molar-refractivity contribution in [2.45, 2.75) is 56.5 Å². The van der Waals surface area contributed by atoms with Gasteiger partial charge in [-0.25, -0.2) is 13.8 Å². The standard InChI is InChI=1S/C20H19F8N5O2/c1-8-2-13(15-32-33-17(35-15)30-10-5-18(34,6-10)16(21)22)31-14-11(8)3-9(29-7-19(23,24)25)4-12(14)20(26,27)28/h2-4,10,16-17,29-30,33-34H,5-7H2,1H3/t10-,17?,18+. The Morgan fingerprint density at radius 2 is 1.86 bits per heavy atom. The Balaban J connectivity index is 1.56. The van der Waals surface area contributed by atoms with E-state index in [0.717, 1.165) is 6.07 Å². The Bertz CT molecular complexity index is 1150. The van der Waals surface area contributed by atoms with Crippen LogP contribution in [0.15, 0.2) is 23.3 Å². The molecule has 4 N–H and O–H groups in total. The fraction of sp³-hybridized carbons (Fsp3) is 0.500. The number of hydrogen-bond acceptors (Lipinski definition) is 7. The monoisotopic (exact) mass is 513 g/mol. The molecule has 7 nitrogen and oxygen atoms in total. The van der Waals surface area contributed by atoms with Crippen molar-refractivity contribution in [2.24, 2.45) is 5.10 Å². The summed E-state index contributed by atoms with van der Waals surface area (Å²) in [5.74, 6) is -0.177. The smallest absolute Gasteiger partial charge is 0.418 e. The van der Waals surface area contributed by atoms with Crippen LogP contribution in [0, 0.1) is 6.92 Å². The maximum atomic E-state index is 13.7. The van der Waals surface area contributed by atoms with Gasteiger partial charge in [0.2, 0.25) is 6.35 Å². The van der Waals surface area contributed by atoms with Crippen molar-refractivity contribution < 1.29 is 45.0 Å². The fourth-order valence-electron chi connectivity index (χ4n) is 3.90. The Hall–Kier alpha value is -2.94. The molecule has 2 heterocycles. The molecule has 0 saturated heterocycles. The number of pyridine rings is 1. The van der Waals surface area contributed by atoms with Gasteiger partial charge in [-0.2, -0.15) is 26.3 Å². The molecule has 1 unspecified atom stereocenters. The highest BCUT2D eigenvalue weighted by molar-refractivity contribution is 5.98. The van der Waals surface area contributed by atoms with E-state index < -0.39 is 54.4 Å². The van der Waals surface area contributed by atoms with Crippen molar-refractivity contribution in [1.82, 2.24) is 15.7 Å². The molecule has 2 aliphatic rings. The van der Waals surface area contributed by atoms with Crippen LogP contribution in [0.5, 0.6) is 0 Å². The molecular weight excluding hydrogens is 494 g/mol. The van der Waals surface area contributed by atoms with E-state index in [1.165, 1.54) is 13.0 Å². The number of hydrazone groups is 1. The summed E-state index contributed by atoms with van der Waals surface area (Å²) < 4.78 is 110. The first kappa shape index (κ1) is 25.2. The zero-order chi connectivity index (χ0) is 25.8. The van der Waals surface area contributed by atoms with E-state index in [9.17, 15) is 40.2 Å². The van der Waals surface area contributed by atoms with E-state index in [1.54, 1.807) is 0 Å². The lowest BCUT2D eigenvalue weighted by Crippen LogP contribution is -2.60. The van der Waals surface area contributed by atoms with Crippen molar-refractivity contribution in [1.29, 1.82) is 0 Å². The first-order valence-electron chi connectivity index (χ1n) is 10.2. The molecule has 1 aliphatic carbocycles. The van der Waals surface area contributed by atoms with Crippen molar-refractivity contribution in [3.8, 4) is 0 Å². The quantitative estimate of drug-likeness (QED) is 0.439. The third-order valence-electron chi connectivity index (χ3n) is 5.64. The zero-order valence-electron chi connectivity index (χ0n) is 17.9. The van der Waals surface area contributed by atoms with Crippen LogP contribution in [0.2, 0.25) is 0 Å². The number of halogens is 8. The van der Waals surface area contributed by atoms with Gasteiger partial charge < -0.3 is 15.2 Å². The van der Waals surface area contributed by atoms with E-state index >= 15 is 0 Å². The van der Waals surface area contributed by atoms with Crippen LogP contribution >= 0.6 is 0 Å². The third-order valence-corrected chi connectivity index (χ3v) is 5.64. The second kappa shape index (κ2) is 8.62. The Labute approximate surface area is 192 Å². The number of nitrogens with zero attached hydrogens (tertiary/aromatic N) is 2. The molecule has 0 radical (unpaired) electrons. The van der Waals surface area contributed by atoms with Gasteiger partial charge >= 0.3 is 12.4 Å². The molecule has 2 aromatic rings. The summed E-state index contributed by atoms with van der Waals surface area (Å²) in [6.45, 7) is -0.0554. The molecule has 35 heavy (non-hydrogen) atoms. The average Bonchev–Trinajstić information content (AvgIpc) is 3.18. The molecule has 1 fully saturated rings. The lowest BCUT2D eigenvalue weighted by molar-refractivity contribution is -0.160. The molecular formula is C20H19F8N5O2. The number of hydrogen-bond donors (Lipinski definition) is 4. The number of aromatic nitrogens is 1. The highest BCUT2D eigenvalue weighted by Gasteiger charge is 2.50. The van der Waals surface area contributed by atoms with Gasteiger partial charge in [-0.3, -0.25) is 10.7 Å². The van der Waals surface area contributed by atoms with Crippen molar-refractivity contribution in [3.63, 3.8) is 0 Å². The molecule has 1 aromatic carbocycles. The summed E-state index contributed by atoms with van der Waals surface area (Å²) >= 11 is 0. The number of fused-ring (bicyclic) bond motifs is 1. The number of ether oxygens (including phenoxy) is 1. The van der Waals surface area contributed by atoms with Gasteiger partial charge in [0.15, 0.2) is 0 Å². The summed E-state index contributed by atoms with van der Waals surface area (Å²) in [5, 5.41) is 18.2. The molecule has 0 bridgehead atoms. The van der Waals surface area contributed by atoms with Gasteiger partial charge in [-0.15, -0.1) is 5.10 Å². The number of benzene rings is 1. The van der Waals surface area contributed by atoms with Crippen LogP contribution in [-0.2, 0) is 10.9 Å². The summed E-state index contributed by atoms with van der Waals surface area (Å²) in [6.07, 6.45) is -13.9. The predicted octanol–water partition coefficient (Wildman–Crippen LogP) is 3.85. The number of alkyl halides is 8. The number of aryl methyl sites for hydroxylation is 1. The highest BCUT2D eigenvalue weighted by atomic mass is 19.4. The largest absolute Gasteiger partial charge is 0.436 e. The zero-order valence-corrected chi connectivity index (χ0v) is 17.9. The maximum Gasteiger partial charge on any atom is 0.418 e. The SMILES string of the molecule is Cc1cc(C2=NNC(N[C@H]3C[C@](O)(C(F)F)C3)O2)nc2c(C(F)(F)F)cc(NCC(F)(F)F)cc12. The number of nitrogens with one attached hydrogen (secondary N) is 3. The van der Waals surface area contributed by atoms with Crippen LogP contribution in [0.3, 0.4) is 0 Å². The van der Waals surface area contributed by atoms with Crippen LogP contribution in [0.1, 0.15) is 29.7 Å². The van der Waals surface area contributed by atoms with Gasteiger partial charge in [0.25, 0.3) is 12.3 Å². The minimum atomic E-state index is -4.92. The molecule has 4 rings (SSSR count). The van der Waals surface area contributed by atoms with Crippen molar-refractivity contribution >= 4 is 22.5 Å². The molecule has 1 atom stereocenters. The summed E-state index contributed by atoms with van der Waals surface area (Å²) in [5.41, 5.74) is -1.49. The second-order valence-electron chi connectivity index (χ2n) is 8.43. The van der Waals surface area contributed by atoms with Gasteiger partial charge in [0.1, 0.15) is 17.8 Å². The van der Waals surface area contributed by atoms with Gasteiger partial charge in [0, 0.05) is 17.1 Å². The van der Waals surface area contributed by atoms with E-state index in [1.807, 2.05) is 5.32 Å². The first-order chi connectivity index (χ1) is 16.1. The van der Waals surface area contributed by atoms with E-state index in [-0.39, 0.29) is 41.1 Å². The van der Waals surface area contributed by atoms with E-state index in [0.29, 0.717) is 6.07 Å². The third kappa shape index (κ3) is 5.34. The highest BCUT2D eigenvalue weighted by Crippen LogP contribution is 2.39. The molecule has 0 amide bonds. The molecule has 1 aromatic heterocycles. The summed E-state index contributed by atoms with van der Waals surface area (Å²) in [6, 6.07) is 2.54. The second-order valence-corrected chi connectivity index (χ2v) is 8.43. The number of anilines is 1. The molecule has 192 valence electrons. The Morgan fingerprint density at radius 3 is 2.46 bits per heavy atom. The normalized spacial score (nSPS) is 24.7. The van der Waals surface area contributed by atoms with Gasteiger partial charge in [0.05, 0.1) is 11.1 Å². The lowest BCUT2D eigenvalue weighted by atomic mass is 9.76. The number of aliphatic hydroxyl groups is 1. The molecule has 1 saturated carbocycles.